The smallest absolute Gasteiger partial charge is 0.237 e. The third-order valence-electron chi connectivity index (χ3n) is 17.1. The maximum absolute atomic E-state index is 15.3. The quantitative estimate of drug-likeness (QED) is 0.0111. The van der Waals surface area contributed by atoms with Crippen LogP contribution in [0.5, 0.6) is 11.5 Å². The SMILES string of the molecule is C[C@@H](O)[C@H](NC(=O)[C@H](CCCCN)CC(=O)[C@@H](Cc1c[nH]c2ccccc12)NC(=O)[C@@H](CC(=O)[C@H](Cc1ccccc1)NC(=O)[C@H](CCCN=C(N)N)CC(=O)[C@@H](CCCCN)NC(=O)[C@@H](N)Cc1ccc(O)cc1)Cc1ccncc1)C(=O)C[C@H](C=O)Cc1ccc(O)cc1. The summed E-state index contributed by atoms with van der Waals surface area (Å²) in [6.45, 7) is 2.03. The van der Waals surface area contributed by atoms with Crippen LogP contribution in [-0.2, 0) is 75.3 Å². The molecule has 6 rings (SSSR count). The largest absolute Gasteiger partial charge is 0.508 e. The molecule has 10 atom stereocenters. The first-order valence-corrected chi connectivity index (χ1v) is 32.8. The second-order valence-corrected chi connectivity index (χ2v) is 24.8. The minimum Gasteiger partial charge on any atom is -0.508 e. The molecule has 0 spiro atoms. The van der Waals surface area contributed by atoms with E-state index < -0.39 is 120 Å². The summed E-state index contributed by atoms with van der Waals surface area (Å²) < 4.78 is 0. The lowest BCUT2D eigenvalue weighted by Gasteiger charge is -2.27. The molecule has 96 heavy (non-hydrogen) atoms. The van der Waals surface area contributed by atoms with Gasteiger partial charge in [-0.1, -0.05) is 79.2 Å². The van der Waals surface area contributed by atoms with Gasteiger partial charge in [0.2, 0.25) is 23.6 Å². The second kappa shape index (κ2) is 39.4. The number of carbonyl (C=O) groups excluding carboxylic acids is 9. The minimum atomic E-state index is -1.46. The molecule has 0 radical (unpaired) electrons. The summed E-state index contributed by atoms with van der Waals surface area (Å²) in [5.41, 5.74) is 33.4. The Kier molecular flexibility index (Phi) is 31.0. The molecule has 2 heterocycles. The summed E-state index contributed by atoms with van der Waals surface area (Å²) in [7, 11) is 0. The van der Waals surface area contributed by atoms with Crippen molar-refractivity contribution in [2.24, 2.45) is 57.3 Å². The molecule has 6 aromatic rings. The van der Waals surface area contributed by atoms with Gasteiger partial charge in [0, 0.05) is 91.8 Å². The Morgan fingerprint density at radius 1 is 0.531 bits per heavy atom. The summed E-state index contributed by atoms with van der Waals surface area (Å²) in [6.07, 6.45) is 5.02. The number of fused-ring (bicyclic) bond motifs is 1. The molecule has 4 aromatic carbocycles. The molecule has 0 fully saturated rings. The monoisotopic (exact) mass is 1320 g/mol. The van der Waals surface area contributed by atoms with Crippen LogP contribution in [0.2, 0.25) is 0 Å². The zero-order chi connectivity index (χ0) is 69.5. The fourth-order valence-electron chi connectivity index (χ4n) is 11.7. The van der Waals surface area contributed by atoms with E-state index in [1.807, 2.05) is 24.3 Å². The van der Waals surface area contributed by atoms with Crippen molar-refractivity contribution in [2.75, 3.05) is 19.6 Å². The summed E-state index contributed by atoms with van der Waals surface area (Å²) in [4.78, 5) is 141. The Morgan fingerprint density at radius 3 is 1.62 bits per heavy atom. The van der Waals surface area contributed by atoms with E-state index in [9.17, 15) is 44.1 Å². The van der Waals surface area contributed by atoms with Gasteiger partial charge in [0.15, 0.2) is 29.1 Å². The summed E-state index contributed by atoms with van der Waals surface area (Å²) in [5, 5.41) is 42.7. The third kappa shape index (κ3) is 25.0. The zero-order valence-corrected chi connectivity index (χ0v) is 54.5. The average Bonchev–Trinajstić information content (AvgIpc) is 1.63. The van der Waals surface area contributed by atoms with Gasteiger partial charge in [-0.05, 0) is 161 Å². The Balaban J connectivity index is 1.29. The van der Waals surface area contributed by atoms with Crippen molar-refractivity contribution in [3.05, 3.63) is 162 Å². The standard InChI is InChI=1S/C72H94N12O12/c1-45(86)67(66(92)38-50(44-85)34-47-19-23-55(87)24-20-47)84-69(94)51(14-7-9-29-73)41-64(90)62(39-54-43-80-59-17-6-5-16-57(54)59)83-70(95)53(35-49-27-32-78-33-28-49)42-65(91)61(37-46-12-3-2-4-13-46)82-68(93)52(15-11-31-79-72(76)77)40-63(89)60(18-8-10-30-74)81-71(96)58(75)36-48-21-25-56(88)26-22-48/h2-6,12-13,16-17,19-28,32-33,43-45,50-53,58,60-62,67,80,86-88H,7-11,14-15,18,29-31,34-42,73-75H2,1H3,(H,81,96)(H,82,93)(H,83,95)(H,84,94)(H4,76,77,79)/t45-,50-,51-,52-,53-,58+,60-,61+,62-,67+/m1/s1. The number of carbonyl (C=O) groups is 9. The van der Waals surface area contributed by atoms with Gasteiger partial charge in [-0.15, -0.1) is 0 Å². The van der Waals surface area contributed by atoms with E-state index in [-0.39, 0.29) is 101 Å². The predicted octanol–water partition coefficient (Wildman–Crippen LogP) is 3.95. The lowest BCUT2D eigenvalue weighted by molar-refractivity contribution is -0.136. The van der Waals surface area contributed by atoms with Crippen molar-refractivity contribution in [3.8, 4) is 11.5 Å². The third-order valence-corrected chi connectivity index (χ3v) is 17.1. The highest BCUT2D eigenvalue weighted by Crippen LogP contribution is 2.26. The number of hydrogen-bond acceptors (Lipinski definition) is 17. The molecule has 24 nitrogen and oxygen atoms in total. The number of aliphatic hydroxyl groups is 1. The molecule has 0 bridgehead atoms. The van der Waals surface area contributed by atoms with Crippen LogP contribution in [0, 0.1) is 23.7 Å². The van der Waals surface area contributed by atoms with E-state index in [0.29, 0.717) is 66.3 Å². The van der Waals surface area contributed by atoms with Gasteiger partial charge < -0.3 is 75.0 Å². The highest BCUT2D eigenvalue weighted by Gasteiger charge is 2.37. The predicted molar refractivity (Wildman–Crippen MR) is 365 cm³/mol. The number of nitrogens with one attached hydrogen (secondary N) is 5. The van der Waals surface area contributed by atoms with Crippen LogP contribution in [0.15, 0.2) is 139 Å². The van der Waals surface area contributed by atoms with Gasteiger partial charge in [-0.2, -0.15) is 0 Å². The Morgan fingerprint density at radius 2 is 1.03 bits per heavy atom. The number of aromatic amines is 1. The van der Waals surface area contributed by atoms with Gasteiger partial charge in [-0.25, -0.2) is 0 Å². The maximum atomic E-state index is 15.3. The van der Waals surface area contributed by atoms with Crippen LogP contribution >= 0.6 is 0 Å². The first-order chi connectivity index (χ1) is 46.1. The topological polar surface area (TPSA) is 434 Å². The van der Waals surface area contributed by atoms with Gasteiger partial charge in [0.25, 0.3) is 0 Å². The lowest BCUT2D eigenvalue weighted by atomic mass is 9.87. The summed E-state index contributed by atoms with van der Waals surface area (Å²) in [5.74, 6) is -9.20. The number of nitrogens with zero attached hydrogens (tertiary/aromatic N) is 2. The van der Waals surface area contributed by atoms with Crippen LogP contribution in [0.3, 0.4) is 0 Å². The lowest BCUT2D eigenvalue weighted by Crippen LogP contribution is -2.51. The minimum absolute atomic E-state index is 0.0247. The van der Waals surface area contributed by atoms with E-state index in [0.717, 1.165) is 10.9 Å². The number of guanidine groups is 1. The normalized spacial score (nSPS) is 14.4. The number of H-pyrrole nitrogens is 1. The van der Waals surface area contributed by atoms with Gasteiger partial charge in [0.05, 0.1) is 30.3 Å². The highest BCUT2D eigenvalue weighted by atomic mass is 16.3. The molecule has 514 valence electrons. The summed E-state index contributed by atoms with van der Waals surface area (Å²) >= 11 is 0. The van der Waals surface area contributed by atoms with Crippen LogP contribution < -0.4 is 49.9 Å². The number of rotatable bonds is 44. The van der Waals surface area contributed by atoms with Gasteiger partial charge in [-0.3, -0.25) is 48.3 Å². The molecule has 24 heteroatoms. The Labute approximate surface area is 559 Å². The number of amides is 4. The number of phenolic OH excluding ortho intramolecular Hbond substituents is 2. The molecular formula is C72H94N12O12. The van der Waals surface area contributed by atoms with E-state index >= 15 is 14.4 Å². The second-order valence-electron chi connectivity index (χ2n) is 24.8. The number of aromatic hydroxyl groups is 2. The summed E-state index contributed by atoms with van der Waals surface area (Å²) in [6, 6.07) is 25.8. The van der Waals surface area contributed by atoms with Crippen LogP contribution in [0.25, 0.3) is 10.9 Å². The van der Waals surface area contributed by atoms with Crippen LogP contribution in [0.4, 0.5) is 0 Å². The molecule has 18 N–H and O–H groups in total. The van der Waals surface area contributed by atoms with Crippen molar-refractivity contribution >= 4 is 69.9 Å². The first-order valence-electron chi connectivity index (χ1n) is 32.8. The molecule has 4 amide bonds. The number of phenols is 2. The zero-order valence-electron chi connectivity index (χ0n) is 54.5. The van der Waals surface area contributed by atoms with Crippen molar-refractivity contribution in [2.45, 2.75) is 152 Å². The molecular weight excluding hydrogens is 1220 g/mol. The number of para-hydroxylation sites is 1. The van der Waals surface area contributed by atoms with Crippen LogP contribution in [-0.4, -0.2) is 140 Å². The first kappa shape index (κ1) is 75.5. The number of nitrogens with two attached hydrogens (primary N) is 5. The number of aldehydes is 1. The van der Waals surface area contributed by atoms with E-state index in [1.165, 1.54) is 43.6 Å². The molecule has 0 saturated heterocycles. The number of aromatic nitrogens is 2. The number of pyridine rings is 1. The number of aliphatic hydroxyl groups excluding tert-OH is 1. The van der Waals surface area contributed by atoms with E-state index in [1.54, 1.807) is 72.9 Å². The fourth-order valence-corrected chi connectivity index (χ4v) is 11.7. The number of Topliss-reactive ketones (excluding diaryl/α,β-unsaturated/α-hetero) is 4. The van der Waals surface area contributed by atoms with Crippen molar-refractivity contribution in [1.82, 2.24) is 31.2 Å². The van der Waals surface area contributed by atoms with Gasteiger partial charge in [0.1, 0.15) is 23.8 Å². The van der Waals surface area contributed by atoms with Gasteiger partial charge >= 0.3 is 0 Å². The molecule has 0 aliphatic rings. The number of unbranched alkanes of at least 4 members (excludes halogenated alkanes) is 2. The number of benzene rings is 4. The maximum Gasteiger partial charge on any atom is 0.237 e. The fraction of sp³-hybridized carbons (Fsp3) is 0.431. The number of aliphatic imine (C=N–C) groups is 1. The van der Waals surface area contributed by atoms with E-state index in [2.05, 4.69) is 36.2 Å². The molecule has 0 saturated carbocycles. The Bertz CT molecular complexity index is 3510. The number of hydrogen-bond donors (Lipinski definition) is 13. The molecule has 0 aliphatic heterocycles. The van der Waals surface area contributed by atoms with Crippen molar-refractivity contribution in [3.63, 3.8) is 0 Å². The average molecular weight is 1320 g/mol. The van der Waals surface area contributed by atoms with Crippen molar-refractivity contribution < 1.29 is 58.5 Å². The van der Waals surface area contributed by atoms with E-state index in [4.69, 9.17) is 28.7 Å². The highest BCUT2D eigenvalue weighted by molar-refractivity contribution is 5.99. The Hall–Kier alpha value is -9.49. The van der Waals surface area contributed by atoms with Crippen molar-refractivity contribution in [1.29, 1.82) is 0 Å². The molecule has 2 aromatic heterocycles. The molecule has 0 unspecified atom stereocenters. The van der Waals surface area contributed by atoms with Crippen LogP contribution in [0.1, 0.15) is 112 Å². The molecule has 0 aliphatic carbocycles. The number of ketones is 4.